The molecule has 2 aromatic carbocycles. The van der Waals surface area contributed by atoms with Crippen molar-refractivity contribution in [3.8, 4) is 0 Å². The Balaban J connectivity index is 1.83. The molecule has 120 valence electrons. The lowest BCUT2D eigenvalue weighted by Crippen LogP contribution is -2.21. The van der Waals surface area contributed by atoms with Gasteiger partial charge in [0, 0.05) is 22.7 Å². The van der Waals surface area contributed by atoms with E-state index in [1.807, 2.05) is 42.6 Å². The number of nitrogens with zero attached hydrogens (tertiary/aromatic N) is 2. The lowest BCUT2D eigenvalue weighted by atomic mass is 10.1. The van der Waals surface area contributed by atoms with Crippen LogP contribution >= 0.6 is 11.3 Å². The third-order valence-corrected chi connectivity index (χ3v) is 4.36. The Morgan fingerprint density at radius 1 is 1.00 bits per heavy atom. The van der Waals surface area contributed by atoms with E-state index in [1.54, 1.807) is 35.0 Å². The molecule has 0 bridgehead atoms. The number of ketones is 1. The van der Waals surface area contributed by atoms with E-state index in [4.69, 9.17) is 0 Å². The highest BCUT2D eigenvalue weighted by molar-refractivity contribution is 7.07. The molecule has 0 saturated heterocycles. The van der Waals surface area contributed by atoms with E-state index in [2.05, 4.69) is 4.99 Å². The van der Waals surface area contributed by atoms with Crippen molar-refractivity contribution in [3.05, 3.63) is 87.7 Å². The van der Waals surface area contributed by atoms with E-state index in [1.165, 1.54) is 11.3 Å². The normalized spacial score (nSPS) is 11.5. The summed E-state index contributed by atoms with van der Waals surface area (Å²) < 4.78 is 1.70. The minimum atomic E-state index is -0.307. The van der Waals surface area contributed by atoms with E-state index >= 15 is 0 Å². The summed E-state index contributed by atoms with van der Waals surface area (Å²) in [5, 5.41) is 1.82. The first kappa shape index (κ1) is 16.1. The van der Waals surface area contributed by atoms with E-state index in [0.29, 0.717) is 15.9 Å². The van der Waals surface area contributed by atoms with Crippen molar-refractivity contribution >= 4 is 23.0 Å². The molecule has 0 fully saturated rings. The number of carbonyl (C=O) groups is 2. The van der Waals surface area contributed by atoms with Crippen LogP contribution in [0.5, 0.6) is 0 Å². The van der Waals surface area contributed by atoms with Gasteiger partial charge in [-0.05, 0) is 19.1 Å². The maximum absolute atomic E-state index is 12.3. The number of thiazole rings is 1. The van der Waals surface area contributed by atoms with Crippen LogP contribution in [0, 0.1) is 6.92 Å². The zero-order chi connectivity index (χ0) is 16.9. The maximum atomic E-state index is 12.3. The van der Waals surface area contributed by atoms with E-state index in [-0.39, 0.29) is 18.2 Å². The minimum absolute atomic E-state index is 0.0155. The van der Waals surface area contributed by atoms with Crippen LogP contribution in [0.1, 0.15) is 26.3 Å². The van der Waals surface area contributed by atoms with Crippen molar-refractivity contribution in [1.82, 2.24) is 4.57 Å². The Hall–Kier alpha value is -2.79. The van der Waals surface area contributed by atoms with E-state index < -0.39 is 0 Å². The van der Waals surface area contributed by atoms with Gasteiger partial charge in [-0.15, -0.1) is 11.3 Å². The quantitative estimate of drug-likeness (QED) is 0.685. The molecule has 0 aliphatic rings. The number of rotatable bonds is 4. The summed E-state index contributed by atoms with van der Waals surface area (Å²) in [6.07, 6.45) is 1.77. The van der Waals surface area contributed by atoms with Gasteiger partial charge in [0.15, 0.2) is 10.6 Å². The van der Waals surface area contributed by atoms with Crippen LogP contribution in [0.25, 0.3) is 0 Å². The number of benzene rings is 2. The van der Waals surface area contributed by atoms with Gasteiger partial charge in [-0.25, -0.2) is 0 Å². The predicted octanol–water partition coefficient (Wildman–Crippen LogP) is 3.48. The van der Waals surface area contributed by atoms with Gasteiger partial charge in [0.25, 0.3) is 5.91 Å². The first-order valence-electron chi connectivity index (χ1n) is 7.51. The molecule has 3 rings (SSSR count). The van der Waals surface area contributed by atoms with Gasteiger partial charge in [-0.1, -0.05) is 48.0 Å². The van der Waals surface area contributed by atoms with Crippen LogP contribution in [0.15, 0.2) is 71.2 Å². The van der Waals surface area contributed by atoms with Gasteiger partial charge in [0.1, 0.15) is 0 Å². The molecule has 1 heterocycles. The van der Waals surface area contributed by atoms with Crippen LogP contribution in [0.4, 0.5) is 0 Å². The number of amides is 1. The molecule has 5 heteroatoms. The zero-order valence-corrected chi connectivity index (χ0v) is 14.0. The van der Waals surface area contributed by atoms with Crippen molar-refractivity contribution in [2.24, 2.45) is 4.99 Å². The summed E-state index contributed by atoms with van der Waals surface area (Å²) in [6.45, 7) is 2.13. The molecular weight excluding hydrogens is 320 g/mol. The van der Waals surface area contributed by atoms with E-state index in [0.717, 1.165) is 5.56 Å². The van der Waals surface area contributed by atoms with Crippen molar-refractivity contribution < 1.29 is 9.59 Å². The Morgan fingerprint density at radius 3 is 2.42 bits per heavy atom. The summed E-state index contributed by atoms with van der Waals surface area (Å²) >= 11 is 1.34. The number of aryl methyl sites for hydroxylation is 1. The standard InChI is InChI=1S/C19H16N2O2S/c1-14-7-9-16(10-8-14)18(23)20-19-21(11-12-24-19)13-17(22)15-5-3-2-4-6-15/h2-12H,13H2,1H3. The van der Waals surface area contributed by atoms with Gasteiger partial charge >= 0.3 is 0 Å². The molecule has 0 aliphatic carbocycles. The summed E-state index contributed by atoms with van der Waals surface area (Å²) in [5.41, 5.74) is 2.27. The van der Waals surface area contributed by atoms with Crippen LogP contribution in [0.3, 0.4) is 0 Å². The second-order valence-electron chi connectivity index (χ2n) is 5.39. The Kier molecular flexibility index (Phi) is 4.82. The lowest BCUT2D eigenvalue weighted by Gasteiger charge is -2.02. The number of hydrogen-bond acceptors (Lipinski definition) is 3. The number of aromatic nitrogens is 1. The fourth-order valence-corrected chi connectivity index (χ4v) is 2.95. The number of Topliss-reactive ketones (excluding diaryl/α,β-unsaturated/α-hetero) is 1. The molecule has 0 N–H and O–H groups in total. The Labute approximate surface area is 143 Å². The van der Waals surface area contributed by atoms with Crippen LogP contribution in [-0.4, -0.2) is 16.3 Å². The molecule has 0 aliphatic heterocycles. The van der Waals surface area contributed by atoms with E-state index in [9.17, 15) is 9.59 Å². The molecule has 1 aromatic heterocycles. The maximum Gasteiger partial charge on any atom is 0.279 e. The molecule has 3 aromatic rings. The molecule has 0 radical (unpaired) electrons. The topological polar surface area (TPSA) is 51.4 Å². The number of hydrogen-bond donors (Lipinski definition) is 0. The van der Waals surface area contributed by atoms with Crippen LogP contribution in [0.2, 0.25) is 0 Å². The molecule has 24 heavy (non-hydrogen) atoms. The smallest absolute Gasteiger partial charge is 0.279 e. The second-order valence-corrected chi connectivity index (χ2v) is 6.26. The highest BCUT2D eigenvalue weighted by atomic mass is 32.1. The second kappa shape index (κ2) is 7.19. The molecular formula is C19H16N2O2S. The predicted molar refractivity (Wildman–Crippen MR) is 94.2 cm³/mol. The van der Waals surface area contributed by atoms with Crippen LogP contribution in [-0.2, 0) is 6.54 Å². The molecule has 0 atom stereocenters. The Morgan fingerprint density at radius 2 is 1.71 bits per heavy atom. The van der Waals surface area contributed by atoms with Crippen molar-refractivity contribution in [3.63, 3.8) is 0 Å². The fraction of sp³-hybridized carbons (Fsp3) is 0.105. The first-order valence-corrected chi connectivity index (χ1v) is 8.39. The minimum Gasteiger partial charge on any atom is -0.316 e. The summed E-state index contributed by atoms with van der Waals surface area (Å²) in [6, 6.07) is 16.4. The zero-order valence-electron chi connectivity index (χ0n) is 13.2. The molecule has 1 amide bonds. The molecule has 0 unspecified atom stereocenters. The van der Waals surface area contributed by atoms with Gasteiger partial charge in [0.2, 0.25) is 0 Å². The average molecular weight is 336 g/mol. The SMILES string of the molecule is Cc1ccc(C(=O)N=c2sccn2CC(=O)c2ccccc2)cc1. The first-order chi connectivity index (χ1) is 11.6. The van der Waals surface area contributed by atoms with Crippen molar-refractivity contribution in [2.75, 3.05) is 0 Å². The van der Waals surface area contributed by atoms with Crippen LogP contribution < -0.4 is 4.80 Å². The summed E-state index contributed by atoms with van der Waals surface area (Å²) in [7, 11) is 0. The monoisotopic (exact) mass is 336 g/mol. The lowest BCUT2D eigenvalue weighted by molar-refractivity contribution is 0.0963. The van der Waals surface area contributed by atoms with Crippen molar-refractivity contribution in [1.29, 1.82) is 0 Å². The highest BCUT2D eigenvalue weighted by Gasteiger charge is 2.09. The number of carbonyl (C=O) groups excluding carboxylic acids is 2. The van der Waals surface area contributed by atoms with Gasteiger partial charge in [-0.2, -0.15) is 4.99 Å². The summed E-state index contributed by atoms with van der Waals surface area (Å²) in [4.78, 5) is 29.3. The highest BCUT2D eigenvalue weighted by Crippen LogP contribution is 2.05. The van der Waals surface area contributed by atoms with Gasteiger partial charge < -0.3 is 4.57 Å². The molecule has 4 nitrogen and oxygen atoms in total. The summed E-state index contributed by atoms with van der Waals surface area (Å²) in [5.74, 6) is -0.323. The molecule has 0 spiro atoms. The van der Waals surface area contributed by atoms with Crippen molar-refractivity contribution in [2.45, 2.75) is 13.5 Å². The van der Waals surface area contributed by atoms with Gasteiger partial charge in [0.05, 0.1) is 6.54 Å². The third kappa shape index (κ3) is 3.75. The largest absolute Gasteiger partial charge is 0.316 e. The average Bonchev–Trinajstić information content (AvgIpc) is 3.03. The molecule has 0 saturated carbocycles. The third-order valence-electron chi connectivity index (χ3n) is 3.57. The fourth-order valence-electron chi connectivity index (χ4n) is 2.22. The Bertz CT molecular complexity index is 922. The van der Waals surface area contributed by atoms with Gasteiger partial charge in [-0.3, -0.25) is 9.59 Å².